The second-order valence-electron chi connectivity index (χ2n) is 17.5. The number of carbonyl (C=O) groups is 2. The molecule has 0 radical (unpaired) electrons. The second-order valence-corrected chi connectivity index (χ2v) is 17.5. The van der Waals surface area contributed by atoms with Gasteiger partial charge in [0.05, 0.1) is 25.4 Å². The van der Waals surface area contributed by atoms with E-state index < -0.39 is 12.1 Å². The van der Waals surface area contributed by atoms with Crippen LogP contribution in [0.1, 0.15) is 258 Å². The Labute approximate surface area is 372 Å². The fourth-order valence-corrected chi connectivity index (χ4v) is 7.55. The highest BCUT2D eigenvalue weighted by Gasteiger charge is 2.18. The molecule has 6 nitrogen and oxygen atoms in total. The minimum atomic E-state index is -0.848. The van der Waals surface area contributed by atoms with E-state index in [1.54, 1.807) is 6.08 Å². The van der Waals surface area contributed by atoms with Crippen LogP contribution < -0.4 is 5.32 Å². The van der Waals surface area contributed by atoms with E-state index >= 15 is 0 Å². The number of ether oxygens (including phenoxy) is 1. The Balaban J connectivity index is 3.45. The van der Waals surface area contributed by atoms with Gasteiger partial charge in [-0.15, -0.1) is 0 Å². The summed E-state index contributed by atoms with van der Waals surface area (Å²) in [5.74, 6) is -0.0912. The van der Waals surface area contributed by atoms with Crippen molar-refractivity contribution in [2.24, 2.45) is 0 Å². The van der Waals surface area contributed by atoms with Gasteiger partial charge in [0, 0.05) is 12.8 Å². The Kier molecular flexibility index (Phi) is 47.7. The number of unbranched alkanes of at least 4 members (excludes halogenated alkanes) is 30. The summed E-state index contributed by atoms with van der Waals surface area (Å²) in [5.41, 5.74) is 0. The highest BCUT2D eigenvalue weighted by Crippen LogP contribution is 2.14. The molecule has 0 aliphatic rings. The van der Waals surface area contributed by atoms with Crippen LogP contribution in [0.3, 0.4) is 0 Å². The zero-order chi connectivity index (χ0) is 43.7. The standard InChI is InChI=1S/C54H99NO5/c1-3-5-7-9-11-13-15-24-28-32-36-40-44-48-54(59)60-49-45-41-37-33-29-26-23-21-19-17-16-18-20-22-25-27-31-35-39-43-47-53(58)55-51(50-56)52(57)46-42-38-34-30-14-12-10-8-6-4-2/h7,9,13,15-16,18,42,46,51-52,56-57H,3-6,8,10-12,14,17,19-41,43-45,47-50H2,1-2H3,(H,55,58)/b9-7-,15-13-,18-16-,46-42+. The number of aliphatic hydroxyl groups excluding tert-OH is 2. The lowest BCUT2D eigenvalue weighted by atomic mass is 10.1. The maximum atomic E-state index is 12.4. The van der Waals surface area contributed by atoms with E-state index in [2.05, 4.69) is 55.6 Å². The van der Waals surface area contributed by atoms with Crippen LogP contribution in [-0.4, -0.2) is 47.4 Å². The van der Waals surface area contributed by atoms with E-state index in [-0.39, 0.29) is 18.5 Å². The van der Waals surface area contributed by atoms with Crippen LogP contribution >= 0.6 is 0 Å². The van der Waals surface area contributed by atoms with E-state index in [0.717, 1.165) is 57.8 Å². The number of esters is 1. The molecule has 0 fully saturated rings. The summed E-state index contributed by atoms with van der Waals surface area (Å²) in [4.78, 5) is 24.4. The highest BCUT2D eigenvalue weighted by atomic mass is 16.5. The van der Waals surface area contributed by atoms with Gasteiger partial charge in [0.1, 0.15) is 0 Å². The van der Waals surface area contributed by atoms with Crippen LogP contribution in [-0.2, 0) is 14.3 Å². The number of hydrogen-bond donors (Lipinski definition) is 3. The van der Waals surface area contributed by atoms with Gasteiger partial charge < -0.3 is 20.3 Å². The molecule has 0 heterocycles. The third-order valence-corrected chi connectivity index (χ3v) is 11.5. The first-order valence-electron chi connectivity index (χ1n) is 25.9. The lowest BCUT2D eigenvalue weighted by Gasteiger charge is -2.20. The molecule has 0 rings (SSSR count). The van der Waals surface area contributed by atoms with E-state index in [9.17, 15) is 19.8 Å². The number of amides is 1. The number of carbonyl (C=O) groups excluding carboxylic acids is 2. The third-order valence-electron chi connectivity index (χ3n) is 11.5. The third kappa shape index (κ3) is 45.3. The summed E-state index contributed by atoms with van der Waals surface area (Å²) in [6.07, 6.45) is 61.2. The number of allylic oxidation sites excluding steroid dienone is 7. The zero-order valence-electron chi connectivity index (χ0n) is 39.7. The molecule has 3 N–H and O–H groups in total. The molecular formula is C54H99NO5. The van der Waals surface area contributed by atoms with E-state index in [4.69, 9.17) is 4.74 Å². The van der Waals surface area contributed by atoms with Gasteiger partial charge in [0.2, 0.25) is 5.91 Å². The van der Waals surface area contributed by atoms with Gasteiger partial charge in [-0.2, -0.15) is 0 Å². The molecule has 0 aromatic carbocycles. The molecule has 0 saturated heterocycles. The molecule has 0 bridgehead atoms. The van der Waals surface area contributed by atoms with Crippen molar-refractivity contribution in [2.75, 3.05) is 13.2 Å². The van der Waals surface area contributed by atoms with Crippen molar-refractivity contribution in [1.82, 2.24) is 5.32 Å². The second kappa shape index (κ2) is 49.5. The predicted molar refractivity (Wildman–Crippen MR) is 259 cm³/mol. The van der Waals surface area contributed by atoms with Gasteiger partial charge in [-0.25, -0.2) is 0 Å². The number of rotatable bonds is 47. The minimum absolute atomic E-state index is 0.0110. The summed E-state index contributed by atoms with van der Waals surface area (Å²) in [6.45, 7) is 4.79. The largest absolute Gasteiger partial charge is 0.466 e. The van der Waals surface area contributed by atoms with Crippen LogP contribution in [0.25, 0.3) is 0 Å². The Hall–Kier alpha value is -2.18. The molecule has 0 aliphatic carbocycles. The molecule has 2 unspecified atom stereocenters. The molecule has 6 heteroatoms. The average Bonchev–Trinajstić information content (AvgIpc) is 3.25. The van der Waals surface area contributed by atoms with Gasteiger partial charge in [-0.1, -0.05) is 210 Å². The topological polar surface area (TPSA) is 95.9 Å². The van der Waals surface area contributed by atoms with Crippen LogP contribution in [0.5, 0.6) is 0 Å². The fourth-order valence-electron chi connectivity index (χ4n) is 7.55. The van der Waals surface area contributed by atoms with Crippen LogP contribution in [0.4, 0.5) is 0 Å². The van der Waals surface area contributed by atoms with Gasteiger partial charge in [0.25, 0.3) is 0 Å². The molecule has 2 atom stereocenters. The van der Waals surface area contributed by atoms with Gasteiger partial charge in [-0.3, -0.25) is 9.59 Å². The normalized spacial score (nSPS) is 13.1. The summed E-state index contributed by atoms with van der Waals surface area (Å²) in [7, 11) is 0. The van der Waals surface area contributed by atoms with E-state index in [1.165, 1.54) is 173 Å². The molecule has 0 aromatic rings. The van der Waals surface area contributed by atoms with Crippen LogP contribution in [0.2, 0.25) is 0 Å². The SMILES string of the molecule is CCC/C=C\C/C=C\CCCCCCCC(=O)OCCCCCCCCCCC/C=C\CCCCCCCCCC(=O)NC(CO)C(O)/C=C/CCCCCCCCCC. The highest BCUT2D eigenvalue weighted by molar-refractivity contribution is 5.76. The summed E-state index contributed by atoms with van der Waals surface area (Å²) in [6, 6.07) is -0.633. The molecule has 0 aliphatic heterocycles. The number of nitrogens with one attached hydrogen (secondary N) is 1. The Morgan fingerprint density at radius 3 is 1.35 bits per heavy atom. The van der Waals surface area contributed by atoms with Crippen molar-refractivity contribution >= 4 is 11.9 Å². The monoisotopic (exact) mass is 842 g/mol. The van der Waals surface area contributed by atoms with Gasteiger partial charge in [0.15, 0.2) is 0 Å². The van der Waals surface area contributed by atoms with Crippen LogP contribution in [0.15, 0.2) is 48.6 Å². The average molecular weight is 842 g/mol. The molecule has 0 spiro atoms. The molecule has 60 heavy (non-hydrogen) atoms. The number of aliphatic hydroxyl groups is 2. The lowest BCUT2D eigenvalue weighted by Crippen LogP contribution is -2.45. The maximum absolute atomic E-state index is 12.4. The maximum Gasteiger partial charge on any atom is 0.305 e. The first-order valence-corrected chi connectivity index (χ1v) is 25.9. The van der Waals surface area contributed by atoms with E-state index in [0.29, 0.717) is 19.4 Å². The van der Waals surface area contributed by atoms with Crippen molar-refractivity contribution in [2.45, 2.75) is 270 Å². The fraction of sp³-hybridized carbons (Fsp3) is 0.815. The Morgan fingerprint density at radius 2 is 0.867 bits per heavy atom. The van der Waals surface area contributed by atoms with Crippen molar-refractivity contribution in [3.05, 3.63) is 48.6 Å². The van der Waals surface area contributed by atoms with Crippen molar-refractivity contribution in [3.8, 4) is 0 Å². The Morgan fingerprint density at radius 1 is 0.467 bits per heavy atom. The minimum Gasteiger partial charge on any atom is -0.466 e. The molecular weight excluding hydrogens is 743 g/mol. The lowest BCUT2D eigenvalue weighted by molar-refractivity contribution is -0.143. The van der Waals surface area contributed by atoms with Crippen molar-refractivity contribution in [1.29, 1.82) is 0 Å². The van der Waals surface area contributed by atoms with E-state index in [1.807, 2.05) is 6.08 Å². The predicted octanol–water partition coefficient (Wildman–Crippen LogP) is 15.5. The van der Waals surface area contributed by atoms with Crippen LogP contribution in [0, 0.1) is 0 Å². The molecule has 1 amide bonds. The van der Waals surface area contributed by atoms with Crippen molar-refractivity contribution in [3.63, 3.8) is 0 Å². The van der Waals surface area contributed by atoms with Gasteiger partial charge >= 0.3 is 5.97 Å². The quantitative estimate of drug-likeness (QED) is 0.0322. The summed E-state index contributed by atoms with van der Waals surface area (Å²) >= 11 is 0. The van der Waals surface area contributed by atoms with Crippen molar-refractivity contribution < 1.29 is 24.5 Å². The first kappa shape index (κ1) is 57.8. The molecule has 350 valence electrons. The summed E-state index contributed by atoms with van der Waals surface area (Å²) < 4.78 is 5.45. The van der Waals surface area contributed by atoms with Gasteiger partial charge in [-0.05, 0) is 83.5 Å². The summed E-state index contributed by atoms with van der Waals surface area (Å²) in [5, 5.41) is 22.9. The smallest absolute Gasteiger partial charge is 0.305 e. The molecule has 0 saturated carbocycles. The zero-order valence-corrected chi connectivity index (χ0v) is 39.7. The molecule has 0 aromatic heterocycles. The first-order chi connectivity index (χ1) is 29.5. The number of hydrogen-bond acceptors (Lipinski definition) is 5. The Bertz CT molecular complexity index is 1020.